The summed E-state index contributed by atoms with van der Waals surface area (Å²) < 4.78 is 52.1. The number of nitrogens with two attached hydrogens (primary N) is 1. The Kier molecular flexibility index (Phi) is 4.24. The van der Waals surface area contributed by atoms with Crippen LogP contribution < -0.4 is 9.32 Å². The van der Waals surface area contributed by atoms with Crippen LogP contribution in [0.25, 0.3) is 6.08 Å². The average Bonchev–Trinajstić information content (AvgIpc) is 2.63. The zero-order valence-corrected chi connectivity index (χ0v) is 14.2. The van der Waals surface area contributed by atoms with E-state index in [9.17, 15) is 16.8 Å². The van der Waals surface area contributed by atoms with Crippen LogP contribution in [0.4, 0.5) is 0 Å². The molecule has 0 spiro atoms. The molecule has 1 aliphatic carbocycles. The second-order valence-electron chi connectivity index (χ2n) is 6.01. The topological polar surface area (TPSA) is 104 Å². The van der Waals surface area contributed by atoms with Crippen LogP contribution in [0.2, 0.25) is 0 Å². The second kappa shape index (κ2) is 5.92. The molecular formula is C15H19NO5S2. The summed E-state index contributed by atoms with van der Waals surface area (Å²) in [6.45, 7) is 0. The maximum atomic E-state index is 12.7. The van der Waals surface area contributed by atoms with E-state index in [0.717, 1.165) is 38.5 Å². The summed E-state index contributed by atoms with van der Waals surface area (Å²) in [4.78, 5) is 0.653. The summed E-state index contributed by atoms with van der Waals surface area (Å²) in [7, 11) is -7.63. The molecule has 0 unspecified atom stereocenters. The Labute approximate surface area is 136 Å². The van der Waals surface area contributed by atoms with Crippen LogP contribution in [0, 0.1) is 5.92 Å². The van der Waals surface area contributed by atoms with Crippen molar-refractivity contribution in [3.05, 3.63) is 28.7 Å². The SMILES string of the molecule is NS(=O)(=O)Oc1ccc2c(c1)C=C(C1CCCCCC1)S2(=O)=O. The van der Waals surface area contributed by atoms with Gasteiger partial charge in [0.25, 0.3) is 0 Å². The molecule has 3 rings (SSSR count). The first kappa shape index (κ1) is 16.5. The lowest BCUT2D eigenvalue weighted by Gasteiger charge is -2.15. The van der Waals surface area contributed by atoms with Gasteiger partial charge in [0.2, 0.25) is 9.84 Å². The van der Waals surface area contributed by atoms with Crippen molar-refractivity contribution in [2.45, 2.75) is 43.4 Å². The third-order valence-corrected chi connectivity index (χ3v) is 6.80. The van der Waals surface area contributed by atoms with Crippen molar-refractivity contribution in [2.75, 3.05) is 0 Å². The molecule has 0 bridgehead atoms. The first-order valence-electron chi connectivity index (χ1n) is 7.60. The normalized spacial score (nSPS) is 21.3. The summed E-state index contributed by atoms with van der Waals surface area (Å²) in [5.74, 6) is 0.0531. The van der Waals surface area contributed by atoms with Gasteiger partial charge in [-0.2, -0.15) is 13.6 Å². The summed E-state index contributed by atoms with van der Waals surface area (Å²) in [6, 6.07) is 4.09. The molecule has 8 heteroatoms. The minimum Gasteiger partial charge on any atom is -0.371 e. The van der Waals surface area contributed by atoms with Crippen molar-refractivity contribution in [3.8, 4) is 5.75 Å². The fraction of sp³-hybridized carbons (Fsp3) is 0.467. The molecule has 1 fully saturated rings. The molecule has 23 heavy (non-hydrogen) atoms. The highest BCUT2D eigenvalue weighted by Gasteiger charge is 2.35. The van der Waals surface area contributed by atoms with Gasteiger partial charge in [0, 0.05) is 0 Å². The van der Waals surface area contributed by atoms with Crippen molar-refractivity contribution in [3.63, 3.8) is 0 Å². The number of benzene rings is 1. The van der Waals surface area contributed by atoms with Gasteiger partial charge in [-0.05, 0) is 48.6 Å². The van der Waals surface area contributed by atoms with E-state index < -0.39 is 20.1 Å². The van der Waals surface area contributed by atoms with Crippen LogP contribution >= 0.6 is 0 Å². The molecule has 0 aromatic heterocycles. The molecule has 0 saturated heterocycles. The van der Waals surface area contributed by atoms with E-state index >= 15 is 0 Å². The highest BCUT2D eigenvalue weighted by molar-refractivity contribution is 7.95. The number of fused-ring (bicyclic) bond motifs is 1. The molecule has 0 amide bonds. The first-order valence-corrected chi connectivity index (χ1v) is 10.6. The predicted octanol–water partition coefficient (Wildman–Crippen LogP) is 2.37. The van der Waals surface area contributed by atoms with Crippen LogP contribution in [-0.4, -0.2) is 16.8 Å². The van der Waals surface area contributed by atoms with E-state index in [1.54, 1.807) is 6.08 Å². The second-order valence-corrected chi connectivity index (χ2v) is 9.08. The van der Waals surface area contributed by atoms with Crippen molar-refractivity contribution in [2.24, 2.45) is 11.1 Å². The van der Waals surface area contributed by atoms with Gasteiger partial charge in [-0.1, -0.05) is 25.7 Å². The zero-order chi connectivity index (χ0) is 16.7. The number of hydrogen-bond acceptors (Lipinski definition) is 5. The molecule has 1 heterocycles. The van der Waals surface area contributed by atoms with Gasteiger partial charge >= 0.3 is 10.3 Å². The van der Waals surface area contributed by atoms with Crippen molar-refractivity contribution in [1.29, 1.82) is 0 Å². The molecular weight excluding hydrogens is 338 g/mol. The van der Waals surface area contributed by atoms with E-state index in [1.807, 2.05) is 0 Å². The van der Waals surface area contributed by atoms with Crippen LogP contribution in [0.3, 0.4) is 0 Å². The maximum Gasteiger partial charge on any atom is 0.380 e. The largest absolute Gasteiger partial charge is 0.380 e. The van der Waals surface area contributed by atoms with Crippen LogP contribution in [0.5, 0.6) is 5.75 Å². The van der Waals surface area contributed by atoms with Gasteiger partial charge in [0.05, 0.1) is 9.80 Å². The Morgan fingerprint density at radius 2 is 1.74 bits per heavy atom. The van der Waals surface area contributed by atoms with Crippen molar-refractivity contribution < 1.29 is 21.0 Å². The van der Waals surface area contributed by atoms with E-state index in [4.69, 9.17) is 5.14 Å². The van der Waals surface area contributed by atoms with Crippen molar-refractivity contribution in [1.82, 2.24) is 0 Å². The van der Waals surface area contributed by atoms with Gasteiger partial charge in [-0.3, -0.25) is 0 Å². The Morgan fingerprint density at radius 1 is 1.09 bits per heavy atom. The Balaban J connectivity index is 1.97. The van der Waals surface area contributed by atoms with E-state index in [0.29, 0.717) is 10.5 Å². The molecule has 1 aromatic carbocycles. The number of hydrogen-bond donors (Lipinski definition) is 1. The molecule has 0 atom stereocenters. The van der Waals surface area contributed by atoms with Gasteiger partial charge in [-0.15, -0.1) is 0 Å². The fourth-order valence-electron chi connectivity index (χ4n) is 3.33. The molecule has 1 aromatic rings. The number of allylic oxidation sites excluding steroid dienone is 1. The Bertz CT molecular complexity index is 848. The lowest BCUT2D eigenvalue weighted by molar-refractivity contribution is 0.487. The molecule has 6 nitrogen and oxygen atoms in total. The highest BCUT2D eigenvalue weighted by Crippen LogP contribution is 2.42. The minimum absolute atomic E-state index is 0.0137. The monoisotopic (exact) mass is 357 g/mol. The predicted molar refractivity (Wildman–Crippen MR) is 86.5 cm³/mol. The summed E-state index contributed by atoms with van der Waals surface area (Å²) in [6.07, 6.45) is 7.75. The van der Waals surface area contributed by atoms with Crippen LogP contribution in [0.1, 0.15) is 44.1 Å². The maximum absolute atomic E-state index is 12.7. The zero-order valence-electron chi connectivity index (χ0n) is 12.6. The molecule has 1 saturated carbocycles. The Morgan fingerprint density at radius 3 is 2.35 bits per heavy atom. The smallest absolute Gasteiger partial charge is 0.371 e. The lowest BCUT2D eigenvalue weighted by atomic mass is 9.98. The number of sulfone groups is 1. The quantitative estimate of drug-likeness (QED) is 0.836. The average molecular weight is 357 g/mol. The van der Waals surface area contributed by atoms with Gasteiger partial charge in [0.1, 0.15) is 5.75 Å². The summed E-state index contributed by atoms with van der Waals surface area (Å²) in [5.41, 5.74) is 0.463. The number of rotatable bonds is 3. The van der Waals surface area contributed by atoms with Gasteiger partial charge in [0.15, 0.2) is 0 Å². The van der Waals surface area contributed by atoms with E-state index in [1.165, 1.54) is 18.2 Å². The molecule has 0 radical (unpaired) electrons. The Hall–Kier alpha value is -1.38. The van der Waals surface area contributed by atoms with Crippen LogP contribution in [-0.2, 0) is 20.1 Å². The third kappa shape index (κ3) is 3.44. The van der Waals surface area contributed by atoms with E-state index in [-0.39, 0.29) is 16.6 Å². The summed E-state index contributed by atoms with van der Waals surface area (Å²) in [5, 5.41) is 4.84. The standard InChI is InChI=1S/C15H19NO5S2/c16-23(19,20)21-13-7-8-14-12(9-13)10-15(22(14,17)18)11-5-3-1-2-4-6-11/h7-11H,1-6H2,(H2,16,19,20). The van der Waals surface area contributed by atoms with E-state index in [2.05, 4.69) is 4.18 Å². The van der Waals surface area contributed by atoms with Gasteiger partial charge < -0.3 is 4.18 Å². The minimum atomic E-state index is -4.13. The molecule has 2 N–H and O–H groups in total. The first-order chi connectivity index (χ1) is 10.8. The molecule has 1 aliphatic heterocycles. The van der Waals surface area contributed by atoms with Crippen molar-refractivity contribution >= 4 is 26.2 Å². The fourth-order valence-corrected chi connectivity index (χ4v) is 5.59. The van der Waals surface area contributed by atoms with Crippen LogP contribution in [0.15, 0.2) is 28.0 Å². The third-order valence-electron chi connectivity index (χ3n) is 4.35. The highest BCUT2D eigenvalue weighted by atomic mass is 32.2. The molecule has 2 aliphatic rings. The summed E-state index contributed by atoms with van der Waals surface area (Å²) >= 11 is 0. The lowest BCUT2D eigenvalue weighted by Crippen LogP contribution is -2.19. The molecule has 126 valence electrons. The van der Waals surface area contributed by atoms with Gasteiger partial charge in [-0.25, -0.2) is 8.42 Å².